The topological polar surface area (TPSA) is 120 Å². The van der Waals surface area contributed by atoms with Crippen LogP contribution in [0.25, 0.3) is 5.69 Å². The third-order valence-corrected chi connectivity index (χ3v) is 3.70. The lowest BCUT2D eigenvalue weighted by Gasteiger charge is -2.08. The summed E-state index contributed by atoms with van der Waals surface area (Å²) in [6, 6.07) is 11.4. The molecule has 0 bridgehead atoms. The molecular weight excluding hydrogens is 322 g/mol. The Kier molecular flexibility index (Phi) is 4.22. The van der Waals surface area contributed by atoms with Gasteiger partial charge in [0, 0.05) is 0 Å². The van der Waals surface area contributed by atoms with Crippen LogP contribution in [-0.4, -0.2) is 20.9 Å². The second kappa shape index (κ2) is 6.49. The first-order valence-corrected chi connectivity index (χ1v) is 7.45. The van der Waals surface area contributed by atoms with Gasteiger partial charge in [-0.1, -0.05) is 23.4 Å². The Bertz CT molecular complexity index is 947. The third kappa shape index (κ3) is 2.95. The van der Waals surface area contributed by atoms with Crippen LogP contribution in [0.4, 0.5) is 5.88 Å². The van der Waals surface area contributed by atoms with E-state index in [9.17, 15) is 10.1 Å². The summed E-state index contributed by atoms with van der Waals surface area (Å²) in [4.78, 5) is 12.3. The van der Waals surface area contributed by atoms with Crippen LogP contribution in [0.2, 0.25) is 0 Å². The number of hydrogen-bond donors (Lipinski definition) is 1. The summed E-state index contributed by atoms with van der Waals surface area (Å²) in [6.45, 7) is 3.18. The SMILES string of the molecule is Cc1nn(-c2ccccc2)c(COC(=O)c2c(C)noc2N)c1C#N. The van der Waals surface area contributed by atoms with Crippen molar-refractivity contribution in [2.24, 2.45) is 0 Å². The molecule has 1 aromatic carbocycles. The van der Waals surface area contributed by atoms with Crippen molar-refractivity contribution in [3.8, 4) is 11.8 Å². The van der Waals surface area contributed by atoms with E-state index in [1.165, 1.54) is 0 Å². The van der Waals surface area contributed by atoms with Gasteiger partial charge in [0.25, 0.3) is 0 Å². The molecule has 0 fully saturated rings. The number of nitrogen functional groups attached to an aromatic ring is 1. The maximum atomic E-state index is 12.3. The number of ether oxygens (including phenoxy) is 1. The van der Waals surface area contributed by atoms with E-state index in [4.69, 9.17) is 15.0 Å². The molecule has 0 saturated heterocycles. The molecule has 0 aliphatic rings. The third-order valence-electron chi connectivity index (χ3n) is 3.70. The van der Waals surface area contributed by atoms with Gasteiger partial charge in [-0.3, -0.25) is 0 Å². The molecule has 0 spiro atoms. The minimum atomic E-state index is -0.668. The second-order valence-corrected chi connectivity index (χ2v) is 5.35. The Hall–Kier alpha value is -3.60. The van der Waals surface area contributed by atoms with Crippen molar-refractivity contribution in [3.05, 3.63) is 58.5 Å². The summed E-state index contributed by atoms with van der Waals surface area (Å²) in [5.41, 5.74) is 8.18. The Morgan fingerprint density at radius 3 is 2.64 bits per heavy atom. The molecule has 8 nitrogen and oxygen atoms in total. The van der Waals surface area contributed by atoms with Gasteiger partial charge in [0.1, 0.15) is 23.8 Å². The quantitative estimate of drug-likeness (QED) is 0.725. The standard InChI is InChI=1S/C17H15N5O3/c1-10-13(8-18)14(22(20-10)12-6-4-3-5-7-12)9-24-17(23)15-11(2)21-25-16(15)19/h3-7H,9,19H2,1-2H3. The molecule has 0 radical (unpaired) electrons. The number of aryl methyl sites for hydroxylation is 2. The van der Waals surface area contributed by atoms with E-state index in [-0.39, 0.29) is 18.1 Å². The molecule has 2 aromatic heterocycles. The maximum Gasteiger partial charge on any atom is 0.346 e. The Morgan fingerprint density at radius 2 is 2.04 bits per heavy atom. The fourth-order valence-corrected chi connectivity index (χ4v) is 2.48. The number of nitrogens with two attached hydrogens (primary N) is 1. The van der Waals surface area contributed by atoms with Gasteiger partial charge in [0.2, 0.25) is 5.88 Å². The van der Waals surface area contributed by atoms with Crippen LogP contribution >= 0.6 is 0 Å². The van der Waals surface area contributed by atoms with Crippen LogP contribution in [0.5, 0.6) is 0 Å². The van der Waals surface area contributed by atoms with Crippen LogP contribution in [-0.2, 0) is 11.3 Å². The normalized spacial score (nSPS) is 10.4. The van der Waals surface area contributed by atoms with Crippen molar-refractivity contribution in [1.29, 1.82) is 5.26 Å². The molecule has 0 aliphatic heterocycles. The van der Waals surface area contributed by atoms with E-state index in [2.05, 4.69) is 16.3 Å². The summed E-state index contributed by atoms with van der Waals surface area (Å²) >= 11 is 0. The molecule has 2 heterocycles. The van der Waals surface area contributed by atoms with E-state index in [0.717, 1.165) is 5.69 Å². The van der Waals surface area contributed by atoms with Gasteiger partial charge >= 0.3 is 5.97 Å². The lowest BCUT2D eigenvalue weighted by molar-refractivity contribution is 0.0465. The molecule has 2 N–H and O–H groups in total. The number of nitrogens with zero attached hydrogens (tertiary/aromatic N) is 4. The zero-order valence-electron chi connectivity index (χ0n) is 13.7. The Labute approximate surface area is 143 Å². The molecule has 0 unspecified atom stereocenters. The number of para-hydroxylation sites is 1. The molecule has 8 heteroatoms. The van der Waals surface area contributed by atoms with Gasteiger partial charge in [0.15, 0.2) is 0 Å². The highest BCUT2D eigenvalue weighted by atomic mass is 16.5. The van der Waals surface area contributed by atoms with Gasteiger partial charge in [-0.15, -0.1) is 0 Å². The smallest absolute Gasteiger partial charge is 0.346 e. The fraction of sp³-hybridized carbons (Fsp3) is 0.176. The molecule has 0 saturated carbocycles. The molecule has 0 atom stereocenters. The highest BCUT2D eigenvalue weighted by Gasteiger charge is 2.22. The molecule has 126 valence electrons. The minimum Gasteiger partial charge on any atom is -0.455 e. The van der Waals surface area contributed by atoms with E-state index >= 15 is 0 Å². The Balaban J connectivity index is 1.92. The summed E-state index contributed by atoms with van der Waals surface area (Å²) in [5.74, 6) is -0.769. The van der Waals surface area contributed by atoms with Gasteiger partial charge in [-0.05, 0) is 26.0 Å². The summed E-state index contributed by atoms with van der Waals surface area (Å²) in [6.07, 6.45) is 0. The summed E-state index contributed by atoms with van der Waals surface area (Å²) in [7, 11) is 0. The molecule has 0 amide bonds. The number of anilines is 1. The van der Waals surface area contributed by atoms with E-state index in [1.54, 1.807) is 18.5 Å². The van der Waals surface area contributed by atoms with Crippen molar-refractivity contribution in [2.45, 2.75) is 20.5 Å². The number of benzene rings is 1. The van der Waals surface area contributed by atoms with E-state index in [1.807, 2.05) is 30.3 Å². The van der Waals surface area contributed by atoms with Gasteiger partial charge in [-0.25, -0.2) is 9.48 Å². The predicted molar refractivity (Wildman–Crippen MR) is 87.8 cm³/mol. The van der Waals surface area contributed by atoms with Crippen LogP contribution in [0.3, 0.4) is 0 Å². The lowest BCUT2D eigenvalue weighted by atomic mass is 10.2. The zero-order valence-corrected chi connectivity index (χ0v) is 13.7. The summed E-state index contributed by atoms with van der Waals surface area (Å²) in [5, 5.41) is 17.4. The first-order valence-electron chi connectivity index (χ1n) is 7.45. The molecule has 3 aromatic rings. The van der Waals surface area contributed by atoms with E-state index in [0.29, 0.717) is 22.6 Å². The number of carbonyl (C=O) groups excluding carboxylic acids is 1. The highest BCUT2D eigenvalue weighted by Crippen LogP contribution is 2.21. The molecule has 25 heavy (non-hydrogen) atoms. The van der Waals surface area contributed by atoms with Crippen molar-refractivity contribution in [2.75, 3.05) is 5.73 Å². The fourth-order valence-electron chi connectivity index (χ4n) is 2.48. The van der Waals surface area contributed by atoms with Crippen LogP contribution < -0.4 is 5.73 Å². The largest absolute Gasteiger partial charge is 0.455 e. The second-order valence-electron chi connectivity index (χ2n) is 5.35. The monoisotopic (exact) mass is 337 g/mol. The number of hydrogen-bond acceptors (Lipinski definition) is 7. The Morgan fingerprint density at radius 1 is 1.32 bits per heavy atom. The van der Waals surface area contributed by atoms with Gasteiger partial charge in [0.05, 0.1) is 22.8 Å². The number of aromatic nitrogens is 3. The number of nitriles is 1. The van der Waals surface area contributed by atoms with Gasteiger partial charge < -0.3 is 15.0 Å². The first kappa shape index (κ1) is 16.3. The van der Waals surface area contributed by atoms with Gasteiger partial charge in [-0.2, -0.15) is 10.4 Å². The molecule has 3 rings (SSSR count). The van der Waals surface area contributed by atoms with Crippen LogP contribution in [0.15, 0.2) is 34.9 Å². The van der Waals surface area contributed by atoms with Crippen molar-refractivity contribution < 1.29 is 14.1 Å². The first-order chi connectivity index (χ1) is 12.0. The average molecular weight is 337 g/mol. The number of carbonyl (C=O) groups is 1. The molecular formula is C17H15N5O3. The van der Waals surface area contributed by atoms with Crippen molar-refractivity contribution in [1.82, 2.24) is 14.9 Å². The lowest BCUT2D eigenvalue weighted by Crippen LogP contribution is -2.11. The number of esters is 1. The van der Waals surface area contributed by atoms with E-state index < -0.39 is 5.97 Å². The number of rotatable bonds is 4. The van der Waals surface area contributed by atoms with Crippen LogP contribution in [0.1, 0.15) is 33.0 Å². The van der Waals surface area contributed by atoms with Crippen molar-refractivity contribution in [3.63, 3.8) is 0 Å². The maximum absolute atomic E-state index is 12.3. The zero-order chi connectivity index (χ0) is 18.0. The van der Waals surface area contributed by atoms with Crippen LogP contribution in [0, 0.1) is 25.2 Å². The highest BCUT2D eigenvalue weighted by molar-refractivity contribution is 5.94. The van der Waals surface area contributed by atoms with Crippen molar-refractivity contribution >= 4 is 11.9 Å². The molecule has 0 aliphatic carbocycles. The average Bonchev–Trinajstić information content (AvgIpc) is 3.12. The summed E-state index contributed by atoms with van der Waals surface area (Å²) < 4.78 is 11.7. The minimum absolute atomic E-state index is 0.0843. The predicted octanol–water partition coefficient (Wildman–Crippen LogP) is 2.29.